The molecule has 2 aliphatic heterocycles. The number of aromatic nitrogens is 6. The summed E-state index contributed by atoms with van der Waals surface area (Å²) < 4.78 is 74.5. The average Bonchev–Trinajstić information content (AvgIpc) is 4.03. The van der Waals surface area contributed by atoms with E-state index < -0.39 is 91.0 Å². The first kappa shape index (κ1) is 58.4. The summed E-state index contributed by atoms with van der Waals surface area (Å²) in [7, 11) is -2.49. The molecule has 0 radical (unpaired) electrons. The van der Waals surface area contributed by atoms with Crippen molar-refractivity contribution in [2.75, 3.05) is 68.5 Å². The van der Waals surface area contributed by atoms with E-state index in [2.05, 4.69) is 51.0 Å². The predicted octanol–water partition coefficient (Wildman–Crippen LogP) is 6.33. The number of para-hydroxylation sites is 1. The van der Waals surface area contributed by atoms with Gasteiger partial charge in [-0.3, -0.25) is 29.3 Å². The van der Waals surface area contributed by atoms with Gasteiger partial charge in [-0.15, -0.1) is 0 Å². The second kappa shape index (κ2) is 23.0. The van der Waals surface area contributed by atoms with E-state index >= 15 is 0 Å². The highest BCUT2D eigenvalue weighted by molar-refractivity contribution is 7.92. The molecule has 0 aliphatic carbocycles. The summed E-state index contributed by atoms with van der Waals surface area (Å²) in [5.41, 5.74) is -0.181. The number of piperazine rings is 1. The van der Waals surface area contributed by atoms with Crippen LogP contribution in [0.2, 0.25) is 0 Å². The Morgan fingerprint density at radius 2 is 1.56 bits per heavy atom. The number of sulfone groups is 1. The number of fused-ring (bicyclic) bond motifs is 1. The van der Waals surface area contributed by atoms with Crippen molar-refractivity contribution < 1.29 is 50.6 Å². The molecule has 78 heavy (non-hydrogen) atoms. The topological polar surface area (TPSA) is 259 Å². The third-order valence-corrected chi connectivity index (χ3v) is 16.1. The fraction of sp³-hybridized carbons (Fsp3) is 0.528. The van der Waals surface area contributed by atoms with Gasteiger partial charge in [-0.2, -0.15) is 5.10 Å². The Kier molecular flexibility index (Phi) is 17.2. The van der Waals surface area contributed by atoms with Gasteiger partial charge in [-0.1, -0.05) is 26.8 Å². The maximum absolute atomic E-state index is 14.8. The molecule has 22 nitrogen and oxygen atoms in total. The second-order valence-electron chi connectivity index (χ2n) is 22.6. The molecule has 0 unspecified atom stereocenters. The maximum Gasteiger partial charge on any atom is 0.410 e. The number of halogens is 2. The van der Waals surface area contributed by atoms with E-state index in [0.717, 1.165) is 34.4 Å². The van der Waals surface area contributed by atoms with Gasteiger partial charge in [0, 0.05) is 68.9 Å². The highest BCUT2D eigenvalue weighted by atomic mass is 32.2. The van der Waals surface area contributed by atoms with E-state index in [1.807, 2.05) is 18.7 Å². The number of anilines is 4. The molecule has 3 aromatic heterocycles. The molecule has 25 heteroatoms. The summed E-state index contributed by atoms with van der Waals surface area (Å²) in [5.74, 6) is -2.42. The molecule has 422 valence electrons. The number of carbonyl (C=O) groups excluding carboxylic acids is 4. The predicted molar refractivity (Wildman–Crippen MR) is 288 cm³/mol. The molecule has 2 fully saturated rings. The van der Waals surface area contributed by atoms with Gasteiger partial charge in [-0.05, 0) is 85.9 Å². The van der Waals surface area contributed by atoms with Crippen molar-refractivity contribution >= 4 is 67.8 Å². The van der Waals surface area contributed by atoms with E-state index in [9.17, 15) is 36.4 Å². The van der Waals surface area contributed by atoms with Gasteiger partial charge in [0.15, 0.2) is 21.4 Å². The Labute approximate surface area is 453 Å². The van der Waals surface area contributed by atoms with E-state index in [0.29, 0.717) is 61.2 Å². The second-order valence-corrected chi connectivity index (χ2v) is 25.3. The van der Waals surface area contributed by atoms with Crippen LogP contribution in [0.3, 0.4) is 0 Å². The standard InChI is InChI=1S/C53H71F2N13O9S/c1-30-31(2)63-64-44(30)62-45-35-24-41(78(73,74)53(10,11)12)40(25-38(35)58-29-59-45)75-22-21-66-17-19-67(20-18-66)49-56-26-34(27-57-49)76-33-23-39(47(70)60-42-36(54)15-14-16-37(42)55)68(28-33)48(71)43(51(4,5)6)61-46(69)32(3)65(13)50(72)77-52(7,8)9/h14-16,24-27,29,32-33,39,43H,17-23,28H2,1-13H3,(H,60,70)(H,61,69)(H2,58,59,62,63,64)/t32-,33-,39-,43+/m0/s1. The summed E-state index contributed by atoms with van der Waals surface area (Å²) in [6, 6.07) is 2.72. The number of aromatic amines is 1. The van der Waals surface area contributed by atoms with Gasteiger partial charge in [0.25, 0.3) is 0 Å². The van der Waals surface area contributed by atoms with Crippen molar-refractivity contribution in [2.45, 2.75) is 129 Å². The van der Waals surface area contributed by atoms with Gasteiger partial charge < -0.3 is 40.0 Å². The van der Waals surface area contributed by atoms with E-state index in [1.54, 1.807) is 74.4 Å². The average molecular weight is 1100 g/mol. The summed E-state index contributed by atoms with van der Waals surface area (Å²) in [4.78, 5) is 79.7. The lowest BCUT2D eigenvalue weighted by molar-refractivity contribution is -0.143. The van der Waals surface area contributed by atoms with E-state index in [4.69, 9.17) is 14.2 Å². The van der Waals surface area contributed by atoms with E-state index in [-0.39, 0.29) is 36.0 Å². The van der Waals surface area contributed by atoms with Gasteiger partial charge in [0.1, 0.15) is 76.5 Å². The number of carbonyl (C=O) groups is 4. The van der Waals surface area contributed by atoms with Crippen molar-refractivity contribution in [3.8, 4) is 11.5 Å². The fourth-order valence-corrected chi connectivity index (χ4v) is 9.98. The zero-order valence-corrected chi connectivity index (χ0v) is 47.3. The number of nitrogens with one attached hydrogen (secondary N) is 4. The number of likely N-dealkylation sites (N-methyl/N-ethyl adjacent to an activating group) is 1. The van der Waals surface area contributed by atoms with Crippen LogP contribution in [-0.2, 0) is 29.0 Å². The SMILES string of the molecule is Cc1[nH]nc(Nc2ncnc3cc(OCCN4CCN(c5ncc(O[C@H]6C[C@@H](C(=O)Nc7c(F)cccc7F)N(C(=O)[C@@H](NC(=O)[C@H](C)N(C)C(=O)OC(C)(C)C)C(C)(C)C)C6)cn5)CC4)c(S(=O)(=O)C(C)(C)C)cc23)c1C. The number of hydrogen-bond acceptors (Lipinski definition) is 17. The minimum Gasteiger partial charge on any atom is -0.491 e. The highest BCUT2D eigenvalue weighted by Crippen LogP contribution is 2.38. The molecule has 5 aromatic rings. The number of hydrogen-bond donors (Lipinski definition) is 4. The van der Waals surface area contributed by atoms with Gasteiger partial charge in [0.05, 0.1) is 29.2 Å². The molecular formula is C53H71F2N13O9S. The number of likely N-dealkylation sites (tertiary alicyclic amines) is 1. The van der Waals surface area contributed by atoms with Crippen LogP contribution in [0, 0.1) is 30.9 Å². The summed E-state index contributed by atoms with van der Waals surface area (Å²) in [6.07, 6.45) is 2.68. The number of rotatable bonds is 16. The van der Waals surface area contributed by atoms with Crippen molar-refractivity contribution in [3.05, 3.63) is 71.9 Å². The Morgan fingerprint density at radius 3 is 2.15 bits per heavy atom. The molecule has 2 aromatic carbocycles. The van der Waals surface area contributed by atoms with Crippen LogP contribution in [0.25, 0.3) is 10.9 Å². The van der Waals surface area contributed by atoms with Crippen LogP contribution in [-0.4, -0.2) is 165 Å². The lowest BCUT2D eigenvalue weighted by Gasteiger charge is -2.36. The monoisotopic (exact) mass is 1100 g/mol. The quantitative estimate of drug-likeness (QED) is 0.0842. The van der Waals surface area contributed by atoms with Crippen LogP contribution >= 0.6 is 0 Å². The lowest BCUT2D eigenvalue weighted by Crippen LogP contribution is -2.60. The zero-order valence-electron chi connectivity index (χ0n) is 46.4. The molecule has 5 heterocycles. The smallest absolute Gasteiger partial charge is 0.410 e. The summed E-state index contributed by atoms with van der Waals surface area (Å²) in [6.45, 7) is 23.3. The molecular weight excluding hydrogens is 1030 g/mol. The number of amides is 4. The Balaban J connectivity index is 0.997. The van der Waals surface area contributed by atoms with Gasteiger partial charge in [0.2, 0.25) is 23.7 Å². The Morgan fingerprint density at radius 1 is 0.910 bits per heavy atom. The normalized spacial score (nSPS) is 17.3. The van der Waals surface area contributed by atoms with Gasteiger partial charge >= 0.3 is 6.09 Å². The zero-order chi connectivity index (χ0) is 57.2. The molecule has 4 atom stereocenters. The van der Waals surface area contributed by atoms with Crippen molar-refractivity contribution in [3.63, 3.8) is 0 Å². The largest absolute Gasteiger partial charge is 0.491 e. The van der Waals surface area contributed by atoms with Crippen LogP contribution in [0.1, 0.15) is 86.9 Å². The fourth-order valence-electron chi connectivity index (χ4n) is 8.66. The number of ether oxygens (including phenoxy) is 3. The van der Waals surface area contributed by atoms with Crippen molar-refractivity contribution in [2.24, 2.45) is 5.41 Å². The molecule has 0 spiro atoms. The number of benzene rings is 2. The molecule has 4 N–H and O–H groups in total. The minimum absolute atomic E-state index is 0.0256. The number of nitrogens with zero attached hydrogens (tertiary/aromatic N) is 9. The lowest BCUT2D eigenvalue weighted by atomic mass is 9.85. The van der Waals surface area contributed by atoms with Crippen molar-refractivity contribution in [1.82, 2.24) is 50.1 Å². The maximum atomic E-state index is 14.8. The van der Waals surface area contributed by atoms with Crippen molar-refractivity contribution in [1.29, 1.82) is 0 Å². The molecule has 4 amide bonds. The molecule has 0 saturated carbocycles. The highest BCUT2D eigenvalue weighted by Gasteiger charge is 2.47. The first-order valence-corrected chi connectivity index (χ1v) is 27.1. The summed E-state index contributed by atoms with van der Waals surface area (Å²) >= 11 is 0. The minimum atomic E-state index is -3.90. The third-order valence-electron chi connectivity index (χ3n) is 13.6. The number of H-pyrrole nitrogens is 1. The first-order chi connectivity index (χ1) is 36.4. The molecule has 2 saturated heterocycles. The van der Waals surface area contributed by atoms with Crippen LogP contribution in [0.5, 0.6) is 11.5 Å². The first-order valence-electron chi connectivity index (χ1n) is 25.7. The van der Waals surface area contributed by atoms with E-state index in [1.165, 1.54) is 37.6 Å². The van der Waals surface area contributed by atoms with Gasteiger partial charge in [-0.25, -0.2) is 41.9 Å². The van der Waals surface area contributed by atoms with Crippen LogP contribution in [0.4, 0.5) is 36.8 Å². The summed E-state index contributed by atoms with van der Waals surface area (Å²) in [5, 5.41) is 16.0. The number of aryl methyl sites for hydroxylation is 1. The third kappa shape index (κ3) is 13.3. The van der Waals surface area contributed by atoms with Crippen LogP contribution in [0.15, 0.2) is 53.9 Å². The molecule has 2 aliphatic rings. The Hall–Kier alpha value is -7.28. The Bertz CT molecular complexity index is 3110. The van der Waals surface area contributed by atoms with Crippen LogP contribution < -0.4 is 30.3 Å². The molecule has 0 bridgehead atoms. The molecule has 7 rings (SSSR count).